The van der Waals surface area contributed by atoms with E-state index in [1.165, 1.54) is 4.90 Å². The number of aromatic nitrogens is 3. The molecule has 1 amide bonds. The molecule has 4 rings (SSSR count). The van der Waals surface area contributed by atoms with Gasteiger partial charge >= 0.3 is 0 Å². The van der Waals surface area contributed by atoms with Gasteiger partial charge in [-0.3, -0.25) is 9.36 Å². The fourth-order valence-electron chi connectivity index (χ4n) is 2.85. The third-order valence-corrected chi connectivity index (χ3v) is 5.27. The Kier molecular flexibility index (Phi) is 4.04. The predicted octanol–water partition coefficient (Wildman–Crippen LogP) is 2.77. The van der Waals surface area contributed by atoms with E-state index < -0.39 is 0 Å². The van der Waals surface area contributed by atoms with Gasteiger partial charge in [0.15, 0.2) is 5.82 Å². The Labute approximate surface area is 144 Å². The van der Waals surface area contributed by atoms with Gasteiger partial charge in [0.2, 0.25) is 5.91 Å². The minimum atomic E-state index is -0.0979. The molecule has 0 saturated heterocycles. The first-order valence-electron chi connectivity index (χ1n) is 7.76. The van der Waals surface area contributed by atoms with E-state index in [4.69, 9.17) is 0 Å². The monoisotopic (exact) mass is 336 g/mol. The number of fused-ring (bicyclic) bond motifs is 1. The number of hydrogen-bond acceptors (Lipinski definition) is 4. The van der Waals surface area contributed by atoms with Crippen molar-refractivity contribution in [3.05, 3.63) is 72.3 Å². The topological polar surface area (TPSA) is 59.8 Å². The van der Waals surface area contributed by atoms with Gasteiger partial charge < -0.3 is 5.32 Å². The molecule has 24 heavy (non-hydrogen) atoms. The number of rotatable bonds is 4. The van der Waals surface area contributed by atoms with E-state index in [2.05, 4.69) is 21.6 Å². The molecule has 5 nitrogen and oxygen atoms in total. The Morgan fingerprint density at radius 2 is 1.96 bits per heavy atom. The van der Waals surface area contributed by atoms with Crippen LogP contribution < -0.4 is 5.32 Å². The molecule has 1 aliphatic heterocycles. The summed E-state index contributed by atoms with van der Waals surface area (Å²) < 4.78 is 1.89. The second kappa shape index (κ2) is 6.49. The lowest BCUT2D eigenvalue weighted by molar-refractivity contribution is -0.122. The van der Waals surface area contributed by atoms with E-state index in [1.807, 2.05) is 53.1 Å². The number of carbonyl (C=O) groups is 1. The summed E-state index contributed by atoms with van der Waals surface area (Å²) in [7, 11) is 0. The Morgan fingerprint density at radius 1 is 1.17 bits per heavy atom. The lowest BCUT2D eigenvalue weighted by Gasteiger charge is -2.12. The van der Waals surface area contributed by atoms with Gasteiger partial charge in [0.25, 0.3) is 0 Å². The quantitative estimate of drug-likeness (QED) is 0.796. The molecule has 6 heteroatoms. The molecule has 1 aliphatic rings. The van der Waals surface area contributed by atoms with Crippen molar-refractivity contribution in [3.8, 4) is 5.69 Å². The van der Waals surface area contributed by atoms with Crippen LogP contribution in [0.15, 0.2) is 65.8 Å². The predicted molar refractivity (Wildman–Crippen MR) is 93.1 cm³/mol. The second-order valence-corrected chi connectivity index (χ2v) is 6.63. The molecule has 2 aromatic carbocycles. The SMILES string of the molecule is O=C(NCc1nncn1-c1ccccc1)C1CSc2ccccc21. The molecule has 120 valence electrons. The lowest BCUT2D eigenvalue weighted by atomic mass is 10.0. The molecule has 3 aromatic rings. The third-order valence-electron chi connectivity index (χ3n) is 4.09. The van der Waals surface area contributed by atoms with Crippen LogP contribution in [0.4, 0.5) is 0 Å². The zero-order valence-electron chi connectivity index (χ0n) is 12.9. The van der Waals surface area contributed by atoms with Crippen molar-refractivity contribution in [2.75, 3.05) is 5.75 Å². The number of nitrogens with one attached hydrogen (secondary N) is 1. The highest BCUT2D eigenvalue weighted by Gasteiger charge is 2.28. The van der Waals surface area contributed by atoms with Crippen molar-refractivity contribution in [3.63, 3.8) is 0 Å². The molecule has 1 atom stereocenters. The molecule has 0 radical (unpaired) electrons. The minimum Gasteiger partial charge on any atom is -0.348 e. The van der Waals surface area contributed by atoms with Gasteiger partial charge in [-0.15, -0.1) is 22.0 Å². The molecule has 2 heterocycles. The van der Waals surface area contributed by atoms with Crippen molar-refractivity contribution in [1.29, 1.82) is 0 Å². The van der Waals surface area contributed by atoms with Crippen LogP contribution in [0.2, 0.25) is 0 Å². The van der Waals surface area contributed by atoms with Crippen molar-refractivity contribution in [2.24, 2.45) is 0 Å². The summed E-state index contributed by atoms with van der Waals surface area (Å²) >= 11 is 1.73. The Bertz CT molecular complexity index is 862. The van der Waals surface area contributed by atoms with Gasteiger partial charge in [-0.25, -0.2) is 0 Å². The van der Waals surface area contributed by atoms with Gasteiger partial charge in [-0.1, -0.05) is 36.4 Å². The molecule has 0 aliphatic carbocycles. The highest BCUT2D eigenvalue weighted by Crippen LogP contribution is 2.39. The first kappa shape index (κ1) is 15.0. The van der Waals surface area contributed by atoms with Crippen LogP contribution in [0.3, 0.4) is 0 Å². The summed E-state index contributed by atoms with van der Waals surface area (Å²) in [5.41, 5.74) is 2.10. The van der Waals surface area contributed by atoms with Gasteiger partial charge in [-0.05, 0) is 23.8 Å². The van der Waals surface area contributed by atoms with Crippen molar-refractivity contribution < 1.29 is 4.79 Å². The second-order valence-electron chi connectivity index (χ2n) is 5.57. The normalized spacial score (nSPS) is 15.9. The van der Waals surface area contributed by atoms with E-state index in [9.17, 15) is 4.79 Å². The van der Waals surface area contributed by atoms with Crippen LogP contribution in [-0.4, -0.2) is 26.4 Å². The van der Waals surface area contributed by atoms with E-state index in [0.29, 0.717) is 12.4 Å². The van der Waals surface area contributed by atoms with Crippen LogP contribution in [0.1, 0.15) is 17.3 Å². The van der Waals surface area contributed by atoms with Gasteiger partial charge in [-0.2, -0.15) is 0 Å². The third kappa shape index (κ3) is 2.80. The molecular formula is C18H16N4OS. The molecular weight excluding hydrogens is 320 g/mol. The number of amides is 1. The number of nitrogens with zero attached hydrogens (tertiary/aromatic N) is 3. The van der Waals surface area contributed by atoms with E-state index in [-0.39, 0.29) is 11.8 Å². The maximum Gasteiger partial charge on any atom is 0.228 e. The van der Waals surface area contributed by atoms with Crippen LogP contribution in [0.25, 0.3) is 5.69 Å². The largest absolute Gasteiger partial charge is 0.348 e. The number of para-hydroxylation sites is 1. The van der Waals surface area contributed by atoms with Crippen LogP contribution in [-0.2, 0) is 11.3 Å². The Hall–Kier alpha value is -2.60. The Balaban J connectivity index is 1.47. The van der Waals surface area contributed by atoms with Gasteiger partial charge in [0.05, 0.1) is 12.5 Å². The average Bonchev–Trinajstić information content (AvgIpc) is 3.27. The standard InChI is InChI=1S/C18H16N4OS/c23-18(15-11-24-16-9-5-4-8-14(15)16)19-10-17-21-20-12-22(17)13-6-2-1-3-7-13/h1-9,12,15H,10-11H2,(H,19,23). The van der Waals surface area contributed by atoms with Crippen LogP contribution in [0.5, 0.6) is 0 Å². The fourth-order valence-corrected chi connectivity index (χ4v) is 4.08. The molecule has 0 saturated carbocycles. The molecule has 0 spiro atoms. The first-order chi connectivity index (χ1) is 11.8. The molecule has 1 N–H and O–H groups in total. The van der Waals surface area contributed by atoms with Crippen molar-refractivity contribution >= 4 is 17.7 Å². The maximum atomic E-state index is 12.6. The number of benzene rings is 2. The highest BCUT2D eigenvalue weighted by molar-refractivity contribution is 7.99. The molecule has 0 fully saturated rings. The Morgan fingerprint density at radius 3 is 2.83 bits per heavy atom. The lowest BCUT2D eigenvalue weighted by Crippen LogP contribution is -2.30. The summed E-state index contributed by atoms with van der Waals surface area (Å²) in [6.07, 6.45) is 1.66. The highest BCUT2D eigenvalue weighted by atomic mass is 32.2. The summed E-state index contributed by atoms with van der Waals surface area (Å²) in [6.45, 7) is 0.358. The maximum absolute atomic E-state index is 12.6. The summed E-state index contributed by atoms with van der Waals surface area (Å²) in [5.74, 6) is 1.44. The van der Waals surface area contributed by atoms with Gasteiger partial charge in [0.1, 0.15) is 6.33 Å². The summed E-state index contributed by atoms with van der Waals surface area (Å²) in [4.78, 5) is 13.8. The molecule has 1 aromatic heterocycles. The first-order valence-corrected chi connectivity index (χ1v) is 8.75. The number of hydrogen-bond donors (Lipinski definition) is 1. The van der Waals surface area contributed by atoms with Crippen LogP contribution in [0, 0.1) is 0 Å². The van der Waals surface area contributed by atoms with Crippen molar-refractivity contribution in [2.45, 2.75) is 17.4 Å². The van der Waals surface area contributed by atoms with E-state index >= 15 is 0 Å². The van der Waals surface area contributed by atoms with Crippen molar-refractivity contribution in [1.82, 2.24) is 20.1 Å². The van der Waals surface area contributed by atoms with E-state index in [1.54, 1.807) is 18.1 Å². The average molecular weight is 336 g/mol. The summed E-state index contributed by atoms with van der Waals surface area (Å²) in [5, 5.41) is 11.1. The molecule has 1 unspecified atom stereocenters. The smallest absolute Gasteiger partial charge is 0.228 e. The number of carbonyl (C=O) groups excluding carboxylic acids is 1. The van der Waals surface area contributed by atoms with Gasteiger partial charge in [0, 0.05) is 16.3 Å². The summed E-state index contributed by atoms with van der Waals surface area (Å²) in [6, 6.07) is 18.0. The zero-order chi connectivity index (χ0) is 16.4. The molecule has 0 bridgehead atoms. The zero-order valence-corrected chi connectivity index (χ0v) is 13.7. The van der Waals surface area contributed by atoms with Crippen LogP contribution >= 0.6 is 11.8 Å². The minimum absolute atomic E-state index is 0.0371. The number of thioether (sulfide) groups is 1. The fraction of sp³-hybridized carbons (Fsp3) is 0.167. The van der Waals surface area contributed by atoms with E-state index in [0.717, 1.165) is 17.0 Å².